The fraction of sp³-hybridized carbons (Fsp3) is 0.353. The molecule has 0 aliphatic rings. The summed E-state index contributed by atoms with van der Waals surface area (Å²) in [5, 5.41) is 4.42. The van der Waals surface area contributed by atoms with Crippen molar-refractivity contribution in [1.29, 1.82) is 0 Å². The number of aryl methyl sites for hydroxylation is 3. The molecule has 2 rings (SSSR count). The van der Waals surface area contributed by atoms with E-state index >= 15 is 0 Å². The molecular weight excluding hydrogens is 264 g/mol. The normalized spacial score (nSPS) is 10.6. The molecule has 0 amide bonds. The van der Waals surface area contributed by atoms with Crippen LogP contribution >= 0.6 is 0 Å². The lowest BCUT2D eigenvalue weighted by Crippen LogP contribution is -2.26. The number of hydrogen-bond acceptors (Lipinski definition) is 3. The van der Waals surface area contributed by atoms with E-state index < -0.39 is 0 Å². The van der Waals surface area contributed by atoms with E-state index in [0.717, 1.165) is 24.0 Å². The second-order valence-corrected chi connectivity index (χ2v) is 5.30. The van der Waals surface area contributed by atoms with Gasteiger partial charge in [0.2, 0.25) is 0 Å². The number of nitrogens with zero attached hydrogens (tertiary/aromatic N) is 2. The summed E-state index contributed by atoms with van der Waals surface area (Å²) in [5.41, 5.74) is 3.73. The van der Waals surface area contributed by atoms with Crippen LogP contribution in [0, 0.1) is 13.8 Å². The molecule has 0 unspecified atom stereocenters. The highest BCUT2D eigenvalue weighted by Gasteiger charge is 2.11. The summed E-state index contributed by atoms with van der Waals surface area (Å²) < 4.78 is 1.40. The molecule has 0 radical (unpaired) electrons. The lowest BCUT2D eigenvalue weighted by molar-refractivity contribution is 0.112. The lowest BCUT2D eigenvalue weighted by atomic mass is 10.0. The number of rotatable bonds is 5. The second-order valence-electron chi connectivity index (χ2n) is 5.30. The molecule has 0 spiro atoms. The highest BCUT2D eigenvalue weighted by molar-refractivity contribution is 5.77. The van der Waals surface area contributed by atoms with Crippen LogP contribution in [-0.4, -0.2) is 16.1 Å². The molecule has 110 valence electrons. The summed E-state index contributed by atoms with van der Waals surface area (Å²) in [6.07, 6.45) is 2.44. The van der Waals surface area contributed by atoms with Gasteiger partial charge >= 0.3 is 0 Å². The van der Waals surface area contributed by atoms with Gasteiger partial charge in [-0.25, -0.2) is 4.68 Å². The van der Waals surface area contributed by atoms with Crippen molar-refractivity contribution < 1.29 is 4.79 Å². The summed E-state index contributed by atoms with van der Waals surface area (Å²) in [7, 11) is 0. The first kappa shape index (κ1) is 15.2. The highest BCUT2D eigenvalue weighted by atomic mass is 16.1. The number of carbonyl (C=O) groups excluding carboxylic acids is 1. The monoisotopic (exact) mass is 284 g/mol. The molecule has 0 aliphatic carbocycles. The number of aromatic nitrogens is 2. The minimum absolute atomic E-state index is 0.163. The Hall–Kier alpha value is -2.23. The van der Waals surface area contributed by atoms with Crippen molar-refractivity contribution in [2.75, 3.05) is 0 Å². The van der Waals surface area contributed by atoms with Gasteiger partial charge in [0.05, 0.1) is 11.3 Å². The number of benzene rings is 1. The van der Waals surface area contributed by atoms with Crippen LogP contribution < -0.4 is 5.56 Å². The van der Waals surface area contributed by atoms with E-state index in [1.54, 1.807) is 6.07 Å². The standard InChI is InChI=1S/C17H20N2O2/c1-4-5-8-19-17(21)14(11-20)10-16(18-19)15-7-6-12(2)9-13(15)3/h6-7,9-11H,4-5,8H2,1-3H3. The average molecular weight is 284 g/mol. The molecule has 0 atom stereocenters. The molecule has 21 heavy (non-hydrogen) atoms. The van der Waals surface area contributed by atoms with Gasteiger partial charge in [-0.05, 0) is 31.9 Å². The first-order valence-corrected chi connectivity index (χ1v) is 7.21. The second kappa shape index (κ2) is 6.48. The van der Waals surface area contributed by atoms with Gasteiger partial charge in [-0.1, -0.05) is 37.1 Å². The number of carbonyl (C=O) groups is 1. The summed E-state index contributed by atoms with van der Waals surface area (Å²) in [5.74, 6) is 0. The van der Waals surface area contributed by atoms with Crippen LogP contribution in [-0.2, 0) is 6.54 Å². The maximum atomic E-state index is 12.1. The smallest absolute Gasteiger partial charge is 0.277 e. The zero-order chi connectivity index (χ0) is 15.4. The third kappa shape index (κ3) is 3.27. The minimum Gasteiger partial charge on any atom is -0.298 e. The van der Waals surface area contributed by atoms with Gasteiger partial charge in [0.25, 0.3) is 5.56 Å². The van der Waals surface area contributed by atoms with Crippen molar-refractivity contribution in [2.45, 2.75) is 40.2 Å². The Morgan fingerprint density at radius 1 is 1.24 bits per heavy atom. The van der Waals surface area contributed by atoms with Crippen LogP contribution in [0.2, 0.25) is 0 Å². The summed E-state index contributed by atoms with van der Waals surface area (Å²) in [6.45, 7) is 6.63. The Morgan fingerprint density at radius 3 is 2.62 bits per heavy atom. The Labute approximate surface area is 124 Å². The summed E-state index contributed by atoms with van der Waals surface area (Å²) in [6, 6.07) is 7.64. The van der Waals surface area contributed by atoms with Crippen molar-refractivity contribution in [3.05, 3.63) is 51.3 Å². The third-order valence-corrected chi connectivity index (χ3v) is 3.51. The first-order valence-electron chi connectivity index (χ1n) is 7.21. The average Bonchev–Trinajstić information content (AvgIpc) is 2.46. The molecular formula is C17H20N2O2. The molecule has 0 fully saturated rings. The topological polar surface area (TPSA) is 52.0 Å². The van der Waals surface area contributed by atoms with E-state index in [1.165, 1.54) is 10.2 Å². The molecule has 0 N–H and O–H groups in total. The number of unbranched alkanes of at least 4 members (excludes halogenated alkanes) is 1. The zero-order valence-electron chi connectivity index (χ0n) is 12.7. The summed E-state index contributed by atoms with van der Waals surface area (Å²) in [4.78, 5) is 23.2. The fourth-order valence-electron chi connectivity index (χ4n) is 2.34. The van der Waals surface area contributed by atoms with Crippen LogP contribution in [0.25, 0.3) is 11.3 Å². The maximum absolute atomic E-state index is 12.1. The molecule has 0 saturated carbocycles. The van der Waals surface area contributed by atoms with Crippen molar-refractivity contribution in [3.63, 3.8) is 0 Å². The van der Waals surface area contributed by atoms with E-state index in [4.69, 9.17) is 0 Å². The van der Waals surface area contributed by atoms with Crippen molar-refractivity contribution in [3.8, 4) is 11.3 Å². The quantitative estimate of drug-likeness (QED) is 0.793. The van der Waals surface area contributed by atoms with E-state index in [-0.39, 0.29) is 11.1 Å². The molecule has 1 aromatic carbocycles. The molecule has 0 bridgehead atoms. The van der Waals surface area contributed by atoms with Gasteiger partial charge in [-0.15, -0.1) is 0 Å². The molecule has 0 aliphatic heterocycles. The number of aldehydes is 1. The minimum atomic E-state index is -0.313. The SMILES string of the molecule is CCCCn1nc(-c2ccc(C)cc2C)cc(C=O)c1=O. The first-order chi connectivity index (χ1) is 10.1. The van der Waals surface area contributed by atoms with E-state index in [9.17, 15) is 9.59 Å². The van der Waals surface area contributed by atoms with Gasteiger partial charge in [0.15, 0.2) is 6.29 Å². The predicted octanol–water partition coefficient (Wildman–Crippen LogP) is 3.14. The van der Waals surface area contributed by atoms with Gasteiger partial charge in [0, 0.05) is 12.1 Å². The fourth-order valence-corrected chi connectivity index (χ4v) is 2.34. The molecule has 4 heteroatoms. The van der Waals surface area contributed by atoms with E-state index in [2.05, 4.69) is 18.1 Å². The van der Waals surface area contributed by atoms with E-state index in [1.807, 2.05) is 26.0 Å². The number of hydrogen-bond donors (Lipinski definition) is 0. The molecule has 1 aromatic heterocycles. The lowest BCUT2D eigenvalue weighted by Gasteiger charge is -2.10. The molecule has 1 heterocycles. The third-order valence-electron chi connectivity index (χ3n) is 3.51. The Bertz CT molecular complexity index is 717. The van der Waals surface area contributed by atoms with Gasteiger partial charge in [-0.2, -0.15) is 5.10 Å². The molecule has 4 nitrogen and oxygen atoms in total. The Morgan fingerprint density at radius 2 is 2.00 bits per heavy atom. The Balaban J connectivity index is 2.58. The highest BCUT2D eigenvalue weighted by Crippen LogP contribution is 2.22. The predicted molar refractivity (Wildman–Crippen MR) is 83.7 cm³/mol. The van der Waals surface area contributed by atoms with Gasteiger partial charge in [-0.3, -0.25) is 9.59 Å². The van der Waals surface area contributed by atoms with Crippen LogP contribution in [0.4, 0.5) is 0 Å². The van der Waals surface area contributed by atoms with Gasteiger partial charge in [0.1, 0.15) is 0 Å². The van der Waals surface area contributed by atoms with Crippen LogP contribution in [0.1, 0.15) is 41.3 Å². The van der Waals surface area contributed by atoms with Crippen molar-refractivity contribution >= 4 is 6.29 Å². The van der Waals surface area contributed by atoms with Gasteiger partial charge < -0.3 is 0 Å². The van der Waals surface area contributed by atoms with Crippen LogP contribution in [0.3, 0.4) is 0 Å². The zero-order valence-corrected chi connectivity index (χ0v) is 12.7. The largest absolute Gasteiger partial charge is 0.298 e. The maximum Gasteiger partial charge on any atom is 0.277 e. The molecule has 0 saturated heterocycles. The summed E-state index contributed by atoms with van der Waals surface area (Å²) >= 11 is 0. The Kier molecular flexibility index (Phi) is 4.68. The van der Waals surface area contributed by atoms with E-state index in [0.29, 0.717) is 18.5 Å². The van der Waals surface area contributed by atoms with Crippen LogP contribution in [0.15, 0.2) is 29.1 Å². The van der Waals surface area contributed by atoms with Crippen molar-refractivity contribution in [1.82, 2.24) is 9.78 Å². The van der Waals surface area contributed by atoms with Crippen molar-refractivity contribution in [2.24, 2.45) is 0 Å². The van der Waals surface area contributed by atoms with Crippen LogP contribution in [0.5, 0.6) is 0 Å². The molecule has 2 aromatic rings.